The van der Waals surface area contributed by atoms with Gasteiger partial charge in [0, 0.05) is 16.6 Å². The average molecular weight is 395 g/mol. The Kier molecular flexibility index (Phi) is 6.99. The first-order chi connectivity index (χ1) is 11.5. The van der Waals surface area contributed by atoms with E-state index in [2.05, 4.69) is 26.6 Å². The number of benzene rings is 1. The third kappa shape index (κ3) is 6.54. The van der Waals surface area contributed by atoms with Crippen molar-refractivity contribution in [1.82, 2.24) is 10.6 Å². The Morgan fingerprint density at radius 3 is 2.71 bits per heavy atom. The van der Waals surface area contributed by atoms with Crippen LogP contribution in [0, 0.1) is 0 Å². The van der Waals surface area contributed by atoms with E-state index in [1.54, 1.807) is 6.08 Å². The molecular weight excluding hydrogens is 376 g/mol. The van der Waals surface area contributed by atoms with Crippen LogP contribution in [0.4, 0.5) is 4.79 Å². The Balaban J connectivity index is 1.68. The smallest absolute Gasteiger partial charge is 0.331 e. The lowest BCUT2D eigenvalue weighted by atomic mass is 10.2. The molecule has 0 aliphatic heterocycles. The van der Waals surface area contributed by atoms with Gasteiger partial charge in [-0.05, 0) is 36.6 Å². The fourth-order valence-corrected chi connectivity index (χ4v) is 2.83. The molecule has 7 heteroatoms. The van der Waals surface area contributed by atoms with Crippen LogP contribution >= 0.6 is 15.9 Å². The third-order valence-electron chi connectivity index (χ3n) is 3.55. The van der Waals surface area contributed by atoms with E-state index in [0.717, 1.165) is 35.7 Å². The normalized spacial score (nSPS) is 14.5. The number of ether oxygens (including phenoxy) is 1. The molecule has 0 heterocycles. The van der Waals surface area contributed by atoms with Gasteiger partial charge in [0.15, 0.2) is 6.61 Å². The standard InChI is InChI=1S/C17H19BrN2O4/c18-13-5-3-4-12(10-13)8-9-16(22)24-11-15(21)20-17(23)19-14-6-1-2-7-14/h3-5,8-10,14H,1-2,6-7,11H2,(H2,19,20,21,23)/b9-8+. The quantitative estimate of drug-likeness (QED) is 0.593. The zero-order valence-electron chi connectivity index (χ0n) is 13.1. The molecule has 2 N–H and O–H groups in total. The number of urea groups is 1. The Morgan fingerprint density at radius 2 is 2.00 bits per heavy atom. The summed E-state index contributed by atoms with van der Waals surface area (Å²) in [5.74, 6) is -1.31. The van der Waals surface area contributed by atoms with Gasteiger partial charge in [-0.2, -0.15) is 0 Å². The lowest BCUT2D eigenvalue weighted by Gasteiger charge is -2.12. The van der Waals surface area contributed by atoms with E-state index < -0.39 is 24.5 Å². The van der Waals surface area contributed by atoms with E-state index in [9.17, 15) is 14.4 Å². The third-order valence-corrected chi connectivity index (χ3v) is 4.04. The summed E-state index contributed by atoms with van der Waals surface area (Å²) in [5, 5.41) is 4.87. The first-order valence-electron chi connectivity index (χ1n) is 7.73. The molecule has 2 rings (SSSR count). The highest BCUT2D eigenvalue weighted by atomic mass is 79.9. The van der Waals surface area contributed by atoms with Gasteiger partial charge in [0.25, 0.3) is 5.91 Å². The van der Waals surface area contributed by atoms with Crippen LogP contribution in [0.5, 0.6) is 0 Å². The zero-order valence-corrected chi connectivity index (χ0v) is 14.7. The molecular formula is C17H19BrN2O4. The maximum Gasteiger partial charge on any atom is 0.331 e. The molecule has 1 fully saturated rings. The van der Waals surface area contributed by atoms with Crippen molar-refractivity contribution in [3.8, 4) is 0 Å². The van der Waals surface area contributed by atoms with Crippen molar-refractivity contribution in [3.63, 3.8) is 0 Å². The van der Waals surface area contributed by atoms with Crippen molar-refractivity contribution in [1.29, 1.82) is 0 Å². The molecule has 0 unspecified atom stereocenters. The number of esters is 1. The van der Waals surface area contributed by atoms with E-state index in [1.807, 2.05) is 24.3 Å². The predicted octanol–water partition coefficient (Wildman–Crippen LogP) is 2.77. The minimum Gasteiger partial charge on any atom is -0.452 e. The molecule has 0 aromatic heterocycles. The summed E-state index contributed by atoms with van der Waals surface area (Å²) in [6.07, 6.45) is 6.83. The van der Waals surface area contributed by atoms with Crippen LogP contribution in [0.25, 0.3) is 6.08 Å². The summed E-state index contributed by atoms with van der Waals surface area (Å²) in [6.45, 7) is -0.500. The average Bonchev–Trinajstić information content (AvgIpc) is 3.03. The molecule has 128 valence electrons. The summed E-state index contributed by atoms with van der Waals surface area (Å²) in [5.41, 5.74) is 0.821. The van der Waals surface area contributed by atoms with Crippen molar-refractivity contribution in [3.05, 3.63) is 40.4 Å². The lowest BCUT2D eigenvalue weighted by Crippen LogP contribution is -2.44. The van der Waals surface area contributed by atoms with E-state index in [1.165, 1.54) is 6.08 Å². The number of carbonyl (C=O) groups excluding carboxylic acids is 3. The van der Waals surface area contributed by atoms with Crippen molar-refractivity contribution in [2.75, 3.05) is 6.61 Å². The van der Waals surface area contributed by atoms with Gasteiger partial charge >= 0.3 is 12.0 Å². The minimum atomic E-state index is -0.658. The van der Waals surface area contributed by atoms with Gasteiger partial charge in [-0.15, -0.1) is 0 Å². The van der Waals surface area contributed by atoms with Crippen LogP contribution in [0.2, 0.25) is 0 Å². The largest absolute Gasteiger partial charge is 0.452 e. The molecule has 0 bridgehead atoms. The highest BCUT2D eigenvalue weighted by Gasteiger charge is 2.18. The number of rotatable bonds is 5. The van der Waals surface area contributed by atoms with E-state index in [0.29, 0.717) is 0 Å². The Labute approximate surface area is 148 Å². The number of amides is 3. The molecule has 1 aliphatic rings. The van der Waals surface area contributed by atoms with Crippen molar-refractivity contribution < 1.29 is 19.1 Å². The Hall–Kier alpha value is -2.15. The fourth-order valence-electron chi connectivity index (χ4n) is 2.41. The molecule has 6 nitrogen and oxygen atoms in total. The molecule has 3 amide bonds. The predicted molar refractivity (Wildman–Crippen MR) is 93.1 cm³/mol. The number of halogens is 1. The van der Waals surface area contributed by atoms with Crippen LogP contribution in [0.15, 0.2) is 34.8 Å². The second-order valence-corrected chi connectivity index (χ2v) is 6.41. The molecule has 24 heavy (non-hydrogen) atoms. The van der Waals surface area contributed by atoms with Gasteiger partial charge in [-0.1, -0.05) is 40.9 Å². The summed E-state index contributed by atoms with van der Waals surface area (Å²) >= 11 is 3.33. The van der Waals surface area contributed by atoms with Gasteiger partial charge in [-0.3, -0.25) is 10.1 Å². The topological polar surface area (TPSA) is 84.5 Å². The second kappa shape index (κ2) is 9.22. The molecule has 1 saturated carbocycles. The van der Waals surface area contributed by atoms with Crippen molar-refractivity contribution >= 4 is 39.9 Å². The molecule has 1 aromatic carbocycles. The van der Waals surface area contributed by atoms with Crippen molar-refractivity contribution in [2.24, 2.45) is 0 Å². The SMILES string of the molecule is O=C(COC(=O)/C=C/c1cccc(Br)c1)NC(=O)NC1CCCC1. The van der Waals surface area contributed by atoms with Crippen LogP contribution in [-0.2, 0) is 14.3 Å². The zero-order chi connectivity index (χ0) is 17.4. The molecule has 0 radical (unpaired) electrons. The summed E-state index contributed by atoms with van der Waals surface area (Å²) < 4.78 is 5.69. The van der Waals surface area contributed by atoms with E-state index >= 15 is 0 Å². The summed E-state index contributed by atoms with van der Waals surface area (Å²) in [7, 11) is 0. The number of carbonyl (C=O) groups is 3. The van der Waals surface area contributed by atoms with Crippen LogP contribution < -0.4 is 10.6 Å². The second-order valence-electron chi connectivity index (χ2n) is 5.50. The Morgan fingerprint density at radius 1 is 1.25 bits per heavy atom. The van der Waals surface area contributed by atoms with Gasteiger partial charge in [0.2, 0.25) is 0 Å². The number of nitrogens with one attached hydrogen (secondary N) is 2. The Bertz CT molecular complexity index is 639. The van der Waals surface area contributed by atoms with Crippen LogP contribution in [-0.4, -0.2) is 30.6 Å². The highest BCUT2D eigenvalue weighted by Crippen LogP contribution is 2.17. The molecule has 0 atom stereocenters. The molecule has 1 aliphatic carbocycles. The lowest BCUT2D eigenvalue weighted by molar-refractivity contribution is -0.143. The fraction of sp³-hybridized carbons (Fsp3) is 0.353. The van der Waals surface area contributed by atoms with Gasteiger partial charge < -0.3 is 10.1 Å². The van der Waals surface area contributed by atoms with Crippen molar-refractivity contribution in [2.45, 2.75) is 31.7 Å². The summed E-state index contributed by atoms with van der Waals surface area (Å²) in [4.78, 5) is 34.7. The maximum absolute atomic E-state index is 11.6. The number of imide groups is 1. The van der Waals surface area contributed by atoms with Gasteiger partial charge in [-0.25, -0.2) is 9.59 Å². The van der Waals surface area contributed by atoms with E-state index in [4.69, 9.17) is 4.74 Å². The monoisotopic (exact) mass is 394 g/mol. The molecule has 0 spiro atoms. The van der Waals surface area contributed by atoms with Crippen LogP contribution in [0.3, 0.4) is 0 Å². The molecule has 0 saturated heterocycles. The van der Waals surface area contributed by atoms with E-state index in [-0.39, 0.29) is 6.04 Å². The maximum atomic E-state index is 11.6. The highest BCUT2D eigenvalue weighted by molar-refractivity contribution is 9.10. The van der Waals surface area contributed by atoms with Gasteiger partial charge in [0.1, 0.15) is 0 Å². The first kappa shape index (κ1) is 18.2. The van der Waals surface area contributed by atoms with Crippen LogP contribution in [0.1, 0.15) is 31.2 Å². The van der Waals surface area contributed by atoms with Gasteiger partial charge in [0.05, 0.1) is 0 Å². The minimum absolute atomic E-state index is 0.119. The molecule has 1 aromatic rings. The first-order valence-corrected chi connectivity index (χ1v) is 8.53. The number of hydrogen-bond donors (Lipinski definition) is 2. The number of hydrogen-bond acceptors (Lipinski definition) is 4. The summed E-state index contributed by atoms with van der Waals surface area (Å²) in [6, 6.07) is 6.95.